The molecule has 24 heteroatoms. The van der Waals surface area contributed by atoms with E-state index < -0.39 is 71.2 Å². The summed E-state index contributed by atoms with van der Waals surface area (Å²) < 4.78 is 61.3. The zero-order valence-corrected chi connectivity index (χ0v) is 26.3. The van der Waals surface area contributed by atoms with Crippen LogP contribution in [0.15, 0.2) is 25.3 Å². The second-order valence-corrected chi connectivity index (χ2v) is 13.3. The van der Waals surface area contributed by atoms with Gasteiger partial charge in [-0.3, -0.25) is 22.7 Å². The number of ether oxygens (including phenoxy) is 3. The highest BCUT2D eigenvalue weighted by atomic mass is 32.7. The van der Waals surface area contributed by atoms with Gasteiger partial charge in [-0.1, -0.05) is 12.2 Å². The highest BCUT2D eigenvalue weighted by Gasteiger charge is 2.50. The Hall–Kier alpha value is -2.59. The summed E-state index contributed by atoms with van der Waals surface area (Å²) in [7, 11) is -0.738. The van der Waals surface area contributed by atoms with Crippen LogP contribution < -0.4 is 11.5 Å². The highest BCUT2D eigenvalue weighted by molar-refractivity contribution is 8.44. The molecule has 6 rings (SSSR count). The minimum absolute atomic E-state index is 0.0229. The molecule has 2 saturated heterocycles. The van der Waals surface area contributed by atoms with E-state index in [2.05, 4.69) is 54.8 Å². The van der Waals surface area contributed by atoms with Crippen molar-refractivity contribution >= 4 is 74.3 Å². The average molecular weight is 705 g/mol. The van der Waals surface area contributed by atoms with Gasteiger partial charge in [0, 0.05) is 0 Å². The first-order valence-corrected chi connectivity index (χ1v) is 17.0. The van der Waals surface area contributed by atoms with Crippen molar-refractivity contribution in [2.75, 3.05) is 30.6 Å². The van der Waals surface area contributed by atoms with Crippen molar-refractivity contribution in [1.82, 2.24) is 39.0 Å². The van der Waals surface area contributed by atoms with Crippen molar-refractivity contribution in [3.05, 3.63) is 25.3 Å². The number of aliphatic hydroxyl groups is 2. The van der Waals surface area contributed by atoms with Crippen LogP contribution in [0.25, 0.3) is 22.3 Å². The summed E-state index contributed by atoms with van der Waals surface area (Å²) in [6.45, 7) is -4.92. The number of anilines is 2. The molecule has 4 aromatic heterocycles. The van der Waals surface area contributed by atoms with Crippen LogP contribution in [0, 0.1) is 0 Å². The first-order chi connectivity index (χ1) is 21.6. The molecule has 2 aliphatic heterocycles. The molecule has 9 atom stereocenters. The van der Waals surface area contributed by atoms with Gasteiger partial charge >= 0.3 is 15.5 Å². The van der Waals surface area contributed by atoms with Crippen molar-refractivity contribution in [2.24, 2.45) is 0 Å². The number of nitrogens with two attached hydrogens (primary N) is 2. The molecular weight excluding hydrogens is 678 g/mol. The summed E-state index contributed by atoms with van der Waals surface area (Å²) in [5.41, 5.74) is 12.8. The number of rotatable bonds is 12. The van der Waals surface area contributed by atoms with E-state index in [1.54, 1.807) is 0 Å². The van der Waals surface area contributed by atoms with Crippen molar-refractivity contribution < 1.29 is 47.1 Å². The lowest BCUT2D eigenvalue weighted by molar-refractivity contribution is -0.0599. The Morgan fingerprint density at radius 1 is 0.889 bits per heavy atom. The quantitative estimate of drug-likeness (QED) is 0.0657. The van der Waals surface area contributed by atoms with E-state index in [0.717, 1.165) is 0 Å². The number of nitrogen functional groups attached to an aromatic ring is 2. The first kappa shape index (κ1) is 32.4. The molecule has 0 spiro atoms. The average Bonchev–Trinajstić information content (AvgIpc) is 3.77. The number of thiol groups is 2. The van der Waals surface area contributed by atoms with E-state index in [1.807, 2.05) is 0 Å². The Morgan fingerprint density at radius 2 is 1.49 bits per heavy atom. The molecule has 1 unspecified atom stereocenters. The van der Waals surface area contributed by atoms with E-state index in [0.29, 0.717) is 0 Å². The monoisotopic (exact) mass is 704 g/mol. The van der Waals surface area contributed by atoms with Crippen molar-refractivity contribution in [1.29, 1.82) is 0 Å². The summed E-state index contributed by atoms with van der Waals surface area (Å²) in [6, 6.07) is 0. The highest BCUT2D eigenvalue weighted by Crippen LogP contribution is 2.56. The van der Waals surface area contributed by atoms with Gasteiger partial charge in [0.2, 0.25) is 0 Å². The van der Waals surface area contributed by atoms with E-state index in [-0.39, 0.29) is 46.5 Å². The zero-order chi connectivity index (χ0) is 31.9. The molecule has 45 heavy (non-hydrogen) atoms. The lowest BCUT2D eigenvalue weighted by Crippen LogP contribution is -2.36. The van der Waals surface area contributed by atoms with Gasteiger partial charge in [0.25, 0.3) is 0 Å². The lowest BCUT2D eigenvalue weighted by Gasteiger charge is -2.24. The third kappa shape index (κ3) is 6.25. The lowest BCUT2D eigenvalue weighted by atomic mass is 10.1. The van der Waals surface area contributed by atoms with Crippen LogP contribution in [0.1, 0.15) is 12.5 Å². The third-order valence-electron chi connectivity index (χ3n) is 7.14. The van der Waals surface area contributed by atoms with Gasteiger partial charge in [-0.25, -0.2) is 39.0 Å². The van der Waals surface area contributed by atoms with Crippen LogP contribution in [-0.2, 0) is 36.9 Å². The Bertz CT molecular complexity index is 1740. The van der Waals surface area contributed by atoms with E-state index >= 15 is 0 Å². The summed E-state index contributed by atoms with van der Waals surface area (Å²) >= 11 is 8.12. The fourth-order valence-electron chi connectivity index (χ4n) is 5.09. The number of hydrogen-bond donors (Lipinski definition) is 6. The third-order valence-corrected chi connectivity index (χ3v) is 9.27. The Kier molecular flexibility index (Phi) is 9.53. The molecule has 6 N–H and O–H groups in total. The van der Waals surface area contributed by atoms with Crippen LogP contribution in [0.5, 0.6) is 0 Å². The molecule has 4 aromatic rings. The predicted molar refractivity (Wildman–Crippen MR) is 159 cm³/mol. The molecule has 0 aromatic carbocycles. The van der Waals surface area contributed by atoms with Gasteiger partial charge in [-0.05, 0) is 0 Å². The van der Waals surface area contributed by atoms with Gasteiger partial charge < -0.3 is 35.9 Å². The number of imidazole rings is 2. The van der Waals surface area contributed by atoms with E-state index in [9.17, 15) is 19.3 Å². The Balaban J connectivity index is 1.17. The van der Waals surface area contributed by atoms with Gasteiger partial charge in [-0.15, -0.1) is 0 Å². The van der Waals surface area contributed by atoms with Crippen molar-refractivity contribution in [2.45, 2.75) is 49.1 Å². The summed E-state index contributed by atoms with van der Waals surface area (Å²) in [4.78, 5) is 24.5. The van der Waals surface area contributed by atoms with Crippen LogP contribution in [0.3, 0.4) is 0 Å². The van der Waals surface area contributed by atoms with Crippen LogP contribution >= 0.6 is 40.4 Å². The second-order valence-electron chi connectivity index (χ2n) is 9.76. The molecule has 0 amide bonds. The van der Waals surface area contributed by atoms with Crippen molar-refractivity contribution in [3.63, 3.8) is 0 Å². The van der Waals surface area contributed by atoms with Crippen LogP contribution in [0.2, 0.25) is 0 Å². The summed E-state index contributed by atoms with van der Waals surface area (Å²) in [5.74, 6) is 0.262. The maximum absolute atomic E-state index is 13.5. The summed E-state index contributed by atoms with van der Waals surface area (Å²) in [6.07, 6.45) is -4.52. The van der Waals surface area contributed by atoms with Gasteiger partial charge in [0.05, 0.1) is 31.8 Å². The van der Waals surface area contributed by atoms with Crippen molar-refractivity contribution in [3.8, 4) is 0 Å². The largest absolute Gasteiger partial charge is 0.387 e. The number of nitrogens with zero attached hydrogens (tertiary/aromatic N) is 8. The molecule has 2 fully saturated rings. The number of aromatic nitrogens is 8. The minimum Gasteiger partial charge on any atom is -0.387 e. The van der Waals surface area contributed by atoms with Gasteiger partial charge in [-0.2, -0.15) is 12.6 Å². The normalized spacial score (nSPS) is 30.0. The number of fused-ring (bicyclic) bond motifs is 2. The molecule has 0 aliphatic carbocycles. The van der Waals surface area contributed by atoms with Crippen LogP contribution in [0.4, 0.5) is 11.6 Å². The molecule has 242 valence electrons. The maximum atomic E-state index is 13.5. The van der Waals surface area contributed by atoms with E-state index in [4.69, 9.17) is 39.2 Å². The summed E-state index contributed by atoms with van der Waals surface area (Å²) in [5, 5.41) is 22.2. The fourth-order valence-corrected chi connectivity index (χ4v) is 7.01. The molecule has 0 radical (unpaired) electrons. The molecule has 0 saturated carbocycles. The molecule has 2 aliphatic rings. The molecule has 20 nitrogen and oxygen atoms in total. The molecule has 6 heterocycles. The predicted octanol–water partition coefficient (Wildman–Crippen LogP) is 0.283. The van der Waals surface area contributed by atoms with E-state index in [1.165, 1.54) is 34.4 Å². The van der Waals surface area contributed by atoms with Gasteiger partial charge in [0.15, 0.2) is 35.4 Å². The molecule has 0 bridgehead atoms. The maximum Gasteiger partial charge on any atom is 0.386 e. The van der Waals surface area contributed by atoms with Crippen LogP contribution in [-0.4, -0.2) is 105 Å². The number of aliphatic hydroxyl groups excluding tert-OH is 2. The first-order valence-electron chi connectivity index (χ1n) is 13.0. The number of hydrogen-bond acceptors (Lipinski definition) is 19. The Morgan fingerprint density at radius 3 is 2.09 bits per heavy atom. The topological polar surface area (TPSA) is 269 Å². The Labute approximate surface area is 265 Å². The van der Waals surface area contributed by atoms with Gasteiger partial charge in [0.1, 0.15) is 60.3 Å². The fraction of sp³-hybridized carbons (Fsp3) is 0.524. The minimum atomic E-state index is -4.29. The molecular formula is C21H26N10O10P2S2. The smallest absolute Gasteiger partial charge is 0.386 e. The zero-order valence-electron chi connectivity index (χ0n) is 22.7. The second kappa shape index (κ2) is 13.3. The SMILES string of the molecule is Nc1ncnc2c1ncn2[C@@H]1O[C@H](COCS)[C@@H](OP(=O)(S)OC[C@H]2O[C@@H](n3cnc4c(N)ncnc43)[C@H](OP=O)[C@@H]2O)[C@H]1O. The standard InChI is InChI=1S/C21H26N10O10P2S2/c22-16-10-18(26-3-24-16)30(5-28-10)20-13(33)14(9(39-20)1-36-7-44)41-43(35,45)37-2-8-12(32)15(40-42-34)21(38-8)31-6-29-11-17(23)25-4-27-19(11)31/h3-6,8-9,12-15,20-21,32-33,44H,1-2,7H2,(H,35,45)(H2,22,24,26)(H2,23,25,27)/t8-,9-,12-,13-,14-,15-,20-,21-,43?/m1/s1.